The third kappa shape index (κ3) is 6.47. The Bertz CT molecular complexity index is 1760. The maximum Gasteiger partial charge on any atom is 0.419 e. The van der Waals surface area contributed by atoms with E-state index in [-0.39, 0.29) is 55.3 Å². The van der Waals surface area contributed by atoms with E-state index in [0.29, 0.717) is 34.2 Å². The molecular weight excluding hydrogens is 592 g/mol. The van der Waals surface area contributed by atoms with E-state index in [0.717, 1.165) is 38.1 Å². The number of piperazine rings is 1. The fourth-order valence-electron chi connectivity index (χ4n) is 5.80. The Kier molecular flexibility index (Phi) is 8.43. The molecular formula is C32H32F4N6O3. The number of fused-ring (bicyclic) bond motifs is 1. The topological polar surface area (TPSA) is 104 Å². The smallest absolute Gasteiger partial charge is 0.419 e. The van der Waals surface area contributed by atoms with Gasteiger partial charge in [-0.1, -0.05) is 19.4 Å². The second-order valence-electron chi connectivity index (χ2n) is 11.5. The number of H-pyrrole nitrogens is 1. The second-order valence-corrected chi connectivity index (χ2v) is 11.5. The van der Waals surface area contributed by atoms with E-state index in [2.05, 4.69) is 20.2 Å². The van der Waals surface area contributed by atoms with Gasteiger partial charge in [0.25, 0.3) is 11.5 Å². The van der Waals surface area contributed by atoms with Crippen LogP contribution in [0.1, 0.15) is 66.2 Å². The molecule has 0 radical (unpaired) electrons. The summed E-state index contributed by atoms with van der Waals surface area (Å²) in [6.07, 6.45) is 1.85. The maximum atomic E-state index is 15.1. The Morgan fingerprint density at radius 3 is 2.53 bits per heavy atom. The first kappa shape index (κ1) is 30.5. The number of benzene rings is 2. The summed E-state index contributed by atoms with van der Waals surface area (Å²) in [7, 11) is 0. The average molecular weight is 625 g/mol. The van der Waals surface area contributed by atoms with Gasteiger partial charge in [0.15, 0.2) is 0 Å². The summed E-state index contributed by atoms with van der Waals surface area (Å²) in [5, 5.41) is 7.87. The molecule has 1 amide bonds. The summed E-state index contributed by atoms with van der Waals surface area (Å²) in [4.78, 5) is 37.4. The number of alkyl halides is 3. The molecule has 1 N–H and O–H groups in total. The normalized spacial score (nSPS) is 17.4. The first-order valence-corrected chi connectivity index (χ1v) is 15.0. The summed E-state index contributed by atoms with van der Waals surface area (Å²) in [6, 6.07) is 9.35. The van der Waals surface area contributed by atoms with Gasteiger partial charge in [0.2, 0.25) is 5.95 Å². The second kappa shape index (κ2) is 12.4. The Morgan fingerprint density at radius 1 is 1.07 bits per heavy atom. The predicted octanol–water partition coefficient (Wildman–Crippen LogP) is 5.52. The fourth-order valence-corrected chi connectivity index (χ4v) is 5.80. The molecule has 236 valence electrons. The highest BCUT2D eigenvalue weighted by Gasteiger charge is 2.34. The number of nitrogens with zero attached hydrogens (tertiary/aromatic N) is 5. The van der Waals surface area contributed by atoms with E-state index in [9.17, 15) is 22.8 Å². The molecule has 2 aliphatic rings. The van der Waals surface area contributed by atoms with Gasteiger partial charge in [-0.25, -0.2) is 19.5 Å². The molecule has 1 atom stereocenters. The monoisotopic (exact) mass is 624 g/mol. The molecule has 6 rings (SSSR count). The summed E-state index contributed by atoms with van der Waals surface area (Å²) >= 11 is 0. The number of anilines is 1. The summed E-state index contributed by atoms with van der Waals surface area (Å²) in [5.74, 6) is -0.347. The van der Waals surface area contributed by atoms with Crippen molar-refractivity contribution in [3.05, 3.63) is 87.3 Å². The highest BCUT2D eigenvalue weighted by atomic mass is 19.4. The van der Waals surface area contributed by atoms with Crippen LogP contribution in [0.3, 0.4) is 0 Å². The van der Waals surface area contributed by atoms with E-state index in [1.54, 1.807) is 34.1 Å². The lowest BCUT2D eigenvalue weighted by Gasteiger charge is -2.41. The number of rotatable bonds is 8. The number of hydrogen-bond acceptors (Lipinski definition) is 7. The molecule has 1 aliphatic carbocycles. The Balaban J connectivity index is 1.21. The number of halogens is 4. The molecule has 1 saturated carbocycles. The van der Waals surface area contributed by atoms with Crippen LogP contribution in [0.25, 0.3) is 10.8 Å². The SMILES string of the molecule is CCCC1CN(C(=O)c2cc(Cc3n[nH]c(=O)c4ccc(OC5CCC5)cc34)ccc2F)CCN1c1ncc(C(F)(F)F)cn1. The van der Waals surface area contributed by atoms with Crippen molar-refractivity contribution in [3.63, 3.8) is 0 Å². The number of carbonyl (C=O) groups is 1. The lowest BCUT2D eigenvalue weighted by Crippen LogP contribution is -2.55. The average Bonchev–Trinajstić information content (AvgIpc) is 3.01. The zero-order valence-corrected chi connectivity index (χ0v) is 24.6. The Labute approximate surface area is 256 Å². The molecule has 2 aromatic carbocycles. The highest BCUT2D eigenvalue weighted by molar-refractivity contribution is 5.95. The molecule has 9 nitrogen and oxygen atoms in total. The molecule has 45 heavy (non-hydrogen) atoms. The maximum absolute atomic E-state index is 15.1. The minimum atomic E-state index is -4.54. The van der Waals surface area contributed by atoms with Crippen LogP contribution in [0.5, 0.6) is 5.75 Å². The number of ether oxygens (including phenoxy) is 1. The van der Waals surface area contributed by atoms with E-state index >= 15 is 4.39 Å². The first-order valence-electron chi connectivity index (χ1n) is 15.0. The van der Waals surface area contributed by atoms with Gasteiger partial charge in [-0.05, 0) is 61.6 Å². The van der Waals surface area contributed by atoms with Crippen molar-refractivity contribution in [1.29, 1.82) is 0 Å². The van der Waals surface area contributed by atoms with E-state index < -0.39 is 23.5 Å². The van der Waals surface area contributed by atoms with Gasteiger partial charge in [0.1, 0.15) is 11.6 Å². The lowest BCUT2D eigenvalue weighted by atomic mass is 9.96. The minimum absolute atomic E-state index is 0.0929. The van der Waals surface area contributed by atoms with Crippen molar-refractivity contribution in [3.8, 4) is 5.75 Å². The van der Waals surface area contributed by atoms with Crippen LogP contribution >= 0.6 is 0 Å². The fraction of sp³-hybridized carbons (Fsp3) is 0.406. The Morgan fingerprint density at radius 2 is 1.84 bits per heavy atom. The molecule has 0 bridgehead atoms. The molecule has 1 aliphatic heterocycles. The quantitative estimate of drug-likeness (QED) is 0.257. The first-order chi connectivity index (χ1) is 21.6. The third-order valence-corrected chi connectivity index (χ3v) is 8.44. The predicted molar refractivity (Wildman–Crippen MR) is 159 cm³/mol. The number of aromatic amines is 1. The van der Waals surface area contributed by atoms with Crippen molar-refractivity contribution < 1.29 is 27.1 Å². The molecule has 3 heterocycles. The standard InChI is InChI=1S/C32H32F4N6O3/c1-2-4-21-18-41(11-12-42(21)31-37-16-20(17-38-31)32(34,35)36)30(44)26-13-19(7-10-27(26)33)14-28-25-15-23(45-22-5-3-6-22)8-9-24(25)29(43)40-39-28/h7-10,13,15-17,21-22H,2-6,11-12,14,18H2,1H3,(H,40,43). The number of nitrogens with one attached hydrogen (secondary N) is 1. The van der Waals surface area contributed by atoms with Crippen LogP contribution < -0.4 is 15.2 Å². The van der Waals surface area contributed by atoms with Gasteiger partial charge >= 0.3 is 6.18 Å². The lowest BCUT2D eigenvalue weighted by molar-refractivity contribution is -0.138. The van der Waals surface area contributed by atoms with Gasteiger partial charge < -0.3 is 14.5 Å². The Hall–Kier alpha value is -4.55. The van der Waals surface area contributed by atoms with Crippen molar-refractivity contribution in [1.82, 2.24) is 25.1 Å². The van der Waals surface area contributed by atoms with Crippen molar-refractivity contribution >= 4 is 22.6 Å². The molecule has 0 spiro atoms. The van der Waals surface area contributed by atoms with E-state index in [4.69, 9.17) is 4.74 Å². The zero-order valence-electron chi connectivity index (χ0n) is 24.6. The van der Waals surface area contributed by atoms with Gasteiger partial charge in [-0.3, -0.25) is 9.59 Å². The largest absolute Gasteiger partial charge is 0.490 e. The zero-order chi connectivity index (χ0) is 31.7. The minimum Gasteiger partial charge on any atom is -0.490 e. The van der Waals surface area contributed by atoms with Crippen LogP contribution in [0.15, 0.2) is 53.6 Å². The third-order valence-electron chi connectivity index (χ3n) is 8.44. The molecule has 1 saturated heterocycles. The van der Waals surface area contributed by atoms with Gasteiger partial charge in [0.05, 0.1) is 28.3 Å². The number of aromatic nitrogens is 4. The molecule has 4 aromatic rings. The summed E-state index contributed by atoms with van der Waals surface area (Å²) in [5.41, 5.74) is -0.171. The molecule has 13 heteroatoms. The molecule has 2 fully saturated rings. The van der Waals surface area contributed by atoms with Gasteiger partial charge in [-0.2, -0.15) is 18.3 Å². The van der Waals surface area contributed by atoms with Crippen LogP contribution in [-0.2, 0) is 12.6 Å². The number of hydrogen-bond donors (Lipinski definition) is 1. The van der Waals surface area contributed by atoms with E-state index in [1.165, 1.54) is 12.1 Å². The summed E-state index contributed by atoms with van der Waals surface area (Å²) < 4.78 is 60.2. The van der Waals surface area contributed by atoms with Crippen molar-refractivity contribution in [2.75, 3.05) is 24.5 Å². The summed E-state index contributed by atoms with van der Waals surface area (Å²) in [6.45, 7) is 2.69. The highest BCUT2D eigenvalue weighted by Crippen LogP contribution is 2.30. The number of carbonyl (C=O) groups excluding carboxylic acids is 1. The van der Waals surface area contributed by atoms with Crippen LogP contribution in [0.2, 0.25) is 0 Å². The van der Waals surface area contributed by atoms with E-state index in [1.807, 2.05) is 6.92 Å². The molecule has 1 unspecified atom stereocenters. The van der Waals surface area contributed by atoms with Gasteiger partial charge in [0, 0.05) is 49.9 Å². The van der Waals surface area contributed by atoms with Crippen molar-refractivity contribution in [2.45, 2.75) is 63.8 Å². The van der Waals surface area contributed by atoms with Crippen LogP contribution in [-0.4, -0.2) is 62.8 Å². The van der Waals surface area contributed by atoms with Crippen LogP contribution in [0, 0.1) is 5.82 Å². The number of amides is 1. The molecule has 2 aromatic heterocycles. The van der Waals surface area contributed by atoms with Crippen molar-refractivity contribution in [2.24, 2.45) is 0 Å². The van der Waals surface area contributed by atoms with Gasteiger partial charge in [-0.15, -0.1) is 0 Å². The van der Waals surface area contributed by atoms with Crippen LogP contribution in [0.4, 0.5) is 23.5 Å².